The Morgan fingerprint density at radius 2 is 1.81 bits per heavy atom. The molecule has 27 heavy (non-hydrogen) atoms. The van der Waals surface area contributed by atoms with Crippen molar-refractivity contribution >= 4 is 29.1 Å². The maximum atomic E-state index is 13.3. The van der Waals surface area contributed by atoms with Gasteiger partial charge in [0, 0.05) is 0 Å². The summed E-state index contributed by atoms with van der Waals surface area (Å²) in [5.41, 5.74) is 3.36. The maximum absolute atomic E-state index is 13.3. The van der Waals surface area contributed by atoms with Crippen molar-refractivity contribution in [1.29, 1.82) is 0 Å². The van der Waals surface area contributed by atoms with Crippen LogP contribution in [0.1, 0.15) is 42.5 Å². The number of nitrogens with one attached hydrogen (secondary N) is 1. The summed E-state index contributed by atoms with van der Waals surface area (Å²) in [4.78, 5) is 16.9. The molecule has 1 amide bonds. The van der Waals surface area contributed by atoms with E-state index in [2.05, 4.69) is 13.8 Å². The van der Waals surface area contributed by atoms with Crippen molar-refractivity contribution < 1.29 is 9.69 Å². The van der Waals surface area contributed by atoms with Gasteiger partial charge in [-0.2, -0.15) is 5.10 Å². The van der Waals surface area contributed by atoms with Gasteiger partial charge < -0.3 is 9.80 Å². The molecule has 0 radical (unpaired) electrons. The number of nitrogens with zero attached hydrogens (tertiary/aromatic N) is 3. The van der Waals surface area contributed by atoms with Crippen LogP contribution in [0.3, 0.4) is 0 Å². The predicted molar refractivity (Wildman–Crippen MR) is 109 cm³/mol. The number of benzene rings is 1. The Bertz CT molecular complexity index is 826. The fourth-order valence-corrected chi connectivity index (χ4v) is 3.98. The molecule has 0 bridgehead atoms. The first-order valence-corrected chi connectivity index (χ1v) is 10.4. The number of halogens is 2. The Morgan fingerprint density at radius 3 is 2.37 bits per heavy atom. The topological polar surface area (TPSA) is 42.6 Å². The second-order valence-corrected chi connectivity index (χ2v) is 7.70. The van der Waals surface area contributed by atoms with Gasteiger partial charge in [-0.05, 0) is 38.0 Å². The summed E-state index contributed by atoms with van der Waals surface area (Å²) in [6.07, 6.45) is 1.43. The Kier molecular flexibility index (Phi) is 6.45. The Morgan fingerprint density at radius 1 is 1.11 bits per heavy atom. The highest BCUT2D eigenvalue weighted by Crippen LogP contribution is 2.27. The van der Waals surface area contributed by atoms with E-state index in [1.54, 1.807) is 17.0 Å². The van der Waals surface area contributed by atoms with Crippen molar-refractivity contribution in [2.24, 2.45) is 0 Å². The van der Waals surface area contributed by atoms with Crippen molar-refractivity contribution in [3.05, 3.63) is 45.2 Å². The molecule has 0 aliphatic carbocycles. The van der Waals surface area contributed by atoms with E-state index in [0.29, 0.717) is 22.9 Å². The minimum Gasteiger partial charge on any atom is -0.332 e. The van der Waals surface area contributed by atoms with Crippen LogP contribution in [0.2, 0.25) is 10.0 Å². The van der Waals surface area contributed by atoms with E-state index in [1.165, 1.54) is 0 Å². The van der Waals surface area contributed by atoms with Gasteiger partial charge in [0.2, 0.25) is 0 Å². The largest absolute Gasteiger partial charge is 0.332 e. The molecule has 0 atom stereocenters. The number of aryl methyl sites for hydroxylation is 1. The van der Waals surface area contributed by atoms with Gasteiger partial charge in [-0.1, -0.05) is 37.0 Å². The number of quaternary nitrogens is 1. The van der Waals surface area contributed by atoms with Crippen molar-refractivity contribution in [3.8, 4) is 5.69 Å². The van der Waals surface area contributed by atoms with E-state index < -0.39 is 0 Å². The number of carbonyl (C=O) groups is 1. The lowest BCUT2D eigenvalue weighted by Crippen LogP contribution is -3.14. The molecule has 7 heteroatoms. The van der Waals surface area contributed by atoms with Crippen LogP contribution in [0.25, 0.3) is 5.69 Å². The molecule has 0 unspecified atom stereocenters. The third-order valence-electron chi connectivity index (χ3n) is 5.34. The lowest BCUT2D eigenvalue weighted by atomic mass is 10.1. The molecule has 0 saturated carbocycles. The first-order chi connectivity index (χ1) is 13.0. The summed E-state index contributed by atoms with van der Waals surface area (Å²) in [5.74, 6) is 0.102. The van der Waals surface area contributed by atoms with Gasteiger partial charge in [-0.3, -0.25) is 4.79 Å². The first kappa shape index (κ1) is 20.2. The summed E-state index contributed by atoms with van der Waals surface area (Å²) >= 11 is 12.3. The number of rotatable bonds is 5. The molecule has 1 aliphatic heterocycles. The standard InChI is InChI=1S/C20H26Cl2N4O/c1-4-17-19(20(27)25-11-9-24(6-3)10-12-25)18(5-2)26(23-17)14-7-8-15(21)16(22)13-14/h7-8,13H,4-6,9-12H2,1-3H3/p+1. The van der Waals surface area contributed by atoms with Crippen LogP contribution in [-0.2, 0) is 12.8 Å². The molecule has 1 aromatic carbocycles. The van der Waals surface area contributed by atoms with Crippen LogP contribution in [0.4, 0.5) is 0 Å². The van der Waals surface area contributed by atoms with Gasteiger partial charge in [0.1, 0.15) is 0 Å². The summed E-state index contributed by atoms with van der Waals surface area (Å²) in [6, 6.07) is 5.45. The summed E-state index contributed by atoms with van der Waals surface area (Å²) in [6.45, 7) is 11.0. The molecule has 2 heterocycles. The van der Waals surface area contributed by atoms with Crippen LogP contribution in [0.5, 0.6) is 0 Å². The van der Waals surface area contributed by atoms with E-state index in [1.807, 2.05) is 22.6 Å². The zero-order valence-corrected chi connectivity index (χ0v) is 17.7. The molecular formula is C20H27Cl2N4O+. The molecule has 146 valence electrons. The highest BCUT2D eigenvalue weighted by molar-refractivity contribution is 6.42. The molecule has 1 fully saturated rings. The molecule has 0 spiro atoms. The molecule has 1 aromatic heterocycles. The Balaban J connectivity index is 1.99. The Labute approximate surface area is 170 Å². The maximum Gasteiger partial charge on any atom is 0.258 e. The molecule has 1 aliphatic rings. The van der Waals surface area contributed by atoms with Crippen LogP contribution < -0.4 is 4.90 Å². The minimum absolute atomic E-state index is 0.102. The highest BCUT2D eigenvalue weighted by Gasteiger charge is 2.29. The third-order valence-corrected chi connectivity index (χ3v) is 6.08. The van der Waals surface area contributed by atoms with Gasteiger partial charge in [-0.15, -0.1) is 0 Å². The van der Waals surface area contributed by atoms with Crippen molar-refractivity contribution in [2.75, 3.05) is 32.7 Å². The van der Waals surface area contributed by atoms with E-state index >= 15 is 0 Å². The predicted octanol–water partition coefficient (Wildman–Crippen LogP) is 2.66. The van der Waals surface area contributed by atoms with Gasteiger partial charge in [0.15, 0.2) is 0 Å². The molecule has 3 rings (SSSR count). The zero-order valence-electron chi connectivity index (χ0n) is 16.2. The van der Waals surface area contributed by atoms with Crippen molar-refractivity contribution in [2.45, 2.75) is 33.6 Å². The second-order valence-electron chi connectivity index (χ2n) is 6.88. The molecular weight excluding hydrogens is 383 g/mol. The fraction of sp³-hybridized carbons (Fsp3) is 0.500. The minimum atomic E-state index is 0.102. The lowest BCUT2D eigenvalue weighted by molar-refractivity contribution is -0.902. The normalized spacial score (nSPS) is 15.4. The average Bonchev–Trinajstić information content (AvgIpc) is 3.08. The Hall–Kier alpha value is -1.56. The van der Waals surface area contributed by atoms with E-state index in [-0.39, 0.29) is 5.91 Å². The van der Waals surface area contributed by atoms with Crippen LogP contribution in [0.15, 0.2) is 18.2 Å². The number of amides is 1. The molecule has 2 aromatic rings. The average molecular weight is 410 g/mol. The van der Waals surface area contributed by atoms with Crippen LogP contribution in [-0.4, -0.2) is 53.3 Å². The second kappa shape index (κ2) is 8.63. The number of carbonyl (C=O) groups excluding carboxylic acids is 1. The van der Waals surface area contributed by atoms with E-state index in [0.717, 1.165) is 55.4 Å². The summed E-state index contributed by atoms with van der Waals surface area (Å²) < 4.78 is 1.85. The first-order valence-electron chi connectivity index (χ1n) is 9.69. The number of hydrogen-bond acceptors (Lipinski definition) is 2. The lowest BCUT2D eigenvalue weighted by Gasteiger charge is -2.31. The highest BCUT2D eigenvalue weighted by atomic mass is 35.5. The van der Waals surface area contributed by atoms with Gasteiger partial charge in [0.05, 0.1) is 65.4 Å². The zero-order chi connectivity index (χ0) is 19.6. The van der Waals surface area contributed by atoms with Gasteiger partial charge >= 0.3 is 0 Å². The monoisotopic (exact) mass is 409 g/mol. The number of piperazine rings is 1. The third kappa shape index (κ3) is 4.00. The molecule has 1 N–H and O–H groups in total. The fourth-order valence-electron chi connectivity index (χ4n) is 3.69. The summed E-state index contributed by atoms with van der Waals surface area (Å²) in [5, 5.41) is 5.74. The SMILES string of the molecule is CCc1nn(-c2ccc(Cl)c(Cl)c2)c(CC)c1C(=O)N1CC[NH+](CC)CC1. The number of likely N-dealkylation sites (N-methyl/N-ethyl adjacent to an activating group) is 1. The molecule has 1 saturated heterocycles. The summed E-state index contributed by atoms with van der Waals surface area (Å²) in [7, 11) is 0. The molecule has 5 nitrogen and oxygen atoms in total. The number of hydrogen-bond donors (Lipinski definition) is 1. The smallest absolute Gasteiger partial charge is 0.258 e. The van der Waals surface area contributed by atoms with Gasteiger partial charge in [0.25, 0.3) is 5.91 Å². The van der Waals surface area contributed by atoms with Crippen molar-refractivity contribution in [1.82, 2.24) is 14.7 Å². The van der Waals surface area contributed by atoms with Crippen LogP contribution >= 0.6 is 23.2 Å². The quantitative estimate of drug-likeness (QED) is 0.824. The van der Waals surface area contributed by atoms with Gasteiger partial charge in [-0.25, -0.2) is 4.68 Å². The van der Waals surface area contributed by atoms with E-state index in [9.17, 15) is 4.79 Å². The van der Waals surface area contributed by atoms with Crippen molar-refractivity contribution in [3.63, 3.8) is 0 Å². The van der Waals surface area contributed by atoms with Crippen LogP contribution in [0, 0.1) is 0 Å². The number of aromatic nitrogens is 2. The van der Waals surface area contributed by atoms with E-state index in [4.69, 9.17) is 28.3 Å².